The van der Waals surface area contributed by atoms with Gasteiger partial charge in [0.15, 0.2) is 5.13 Å². The first kappa shape index (κ1) is 51.9. The number of oxazole rings is 1. The number of anilines is 3. The smallest absolute Gasteiger partial charge is 0.264 e. The number of benzene rings is 2. The highest BCUT2D eigenvalue weighted by molar-refractivity contribution is 8.00. The van der Waals surface area contributed by atoms with Crippen LogP contribution in [0.2, 0.25) is 0 Å². The third kappa shape index (κ3) is 14.3. The lowest BCUT2D eigenvalue weighted by Gasteiger charge is -2.33. The molecule has 374 valence electrons. The summed E-state index contributed by atoms with van der Waals surface area (Å²) in [4.78, 5) is 90.1. The van der Waals surface area contributed by atoms with Crippen molar-refractivity contribution in [2.75, 3.05) is 95.4 Å². The molecule has 0 aliphatic carbocycles. The van der Waals surface area contributed by atoms with Crippen molar-refractivity contribution >= 4 is 75.0 Å². The van der Waals surface area contributed by atoms with Gasteiger partial charge in [-0.3, -0.25) is 39.0 Å². The predicted octanol–water partition coefficient (Wildman–Crippen LogP) is 5.43. The molecule has 6 amide bonds. The minimum atomic E-state index is -1.02. The molecule has 0 bridgehead atoms. The van der Waals surface area contributed by atoms with E-state index in [0.29, 0.717) is 101 Å². The van der Waals surface area contributed by atoms with Crippen molar-refractivity contribution in [3.63, 3.8) is 0 Å². The minimum Gasteiger partial charge on any atom is -0.444 e. The molecule has 2 aromatic carbocycles. The lowest BCUT2D eigenvalue weighted by Crippen LogP contribution is -2.54. The molecule has 4 aromatic rings. The van der Waals surface area contributed by atoms with Gasteiger partial charge in [0, 0.05) is 73.6 Å². The maximum atomic E-state index is 13.5. The largest absolute Gasteiger partial charge is 0.444 e. The highest BCUT2D eigenvalue weighted by Crippen LogP contribution is 2.34. The van der Waals surface area contributed by atoms with Gasteiger partial charge in [-0.2, -0.15) is 0 Å². The zero-order valence-electron chi connectivity index (χ0n) is 40.0. The van der Waals surface area contributed by atoms with E-state index in [9.17, 15) is 28.8 Å². The normalized spacial score (nSPS) is 17.4. The Bertz CT molecular complexity index is 2510. The van der Waals surface area contributed by atoms with E-state index in [1.54, 1.807) is 77.8 Å². The number of aromatic nitrogens is 2. The minimum absolute atomic E-state index is 0.0498. The van der Waals surface area contributed by atoms with E-state index in [1.165, 1.54) is 6.08 Å². The lowest BCUT2D eigenvalue weighted by atomic mass is 9.94. The van der Waals surface area contributed by atoms with Gasteiger partial charge in [-0.05, 0) is 62.7 Å². The molecule has 70 heavy (non-hydrogen) atoms. The van der Waals surface area contributed by atoms with Crippen LogP contribution in [-0.2, 0) is 39.8 Å². The summed E-state index contributed by atoms with van der Waals surface area (Å²) >= 11 is 3.22. The van der Waals surface area contributed by atoms with E-state index in [-0.39, 0.29) is 47.2 Å². The number of likely N-dealkylation sites (tertiary alicyclic amines) is 1. The summed E-state index contributed by atoms with van der Waals surface area (Å²) in [6, 6.07) is 10.9. The van der Waals surface area contributed by atoms with Gasteiger partial charge < -0.3 is 44.4 Å². The Hall–Kier alpha value is -5.97. The van der Waals surface area contributed by atoms with Crippen LogP contribution in [0.25, 0.3) is 0 Å². The first-order valence-corrected chi connectivity index (χ1v) is 25.2. The molecule has 2 atom stereocenters. The molecule has 5 heterocycles. The van der Waals surface area contributed by atoms with Crippen LogP contribution in [0.4, 0.5) is 16.5 Å². The maximum absolute atomic E-state index is 13.5. The highest BCUT2D eigenvalue weighted by Gasteiger charge is 2.45. The Morgan fingerprint density at radius 2 is 1.71 bits per heavy atom. The SMILES string of the molecule is CN(C/C=C/C(=O)Nc1ccc(C(=O)N2CCC[C@@H](Nc3ncc(SCc4ncc(C(C)(C)C)o4)s3)C2)cc1)CCOCCOCCOCCNc1cccc2c1C(=O)N(C1CCC(=O)NC1=O)C2=O. The number of thioether (sulfide) groups is 1. The van der Waals surface area contributed by atoms with Crippen molar-refractivity contribution in [1.29, 1.82) is 0 Å². The number of nitrogens with one attached hydrogen (secondary N) is 4. The number of carbonyl (C=O) groups is 6. The predicted molar refractivity (Wildman–Crippen MR) is 265 cm³/mol. The lowest BCUT2D eigenvalue weighted by molar-refractivity contribution is -0.136. The second kappa shape index (κ2) is 24.7. The van der Waals surface area contributed by atoms with E-state index < -0.39 is 29.7 Å². The zero-order chi connectivity index (χ0) is 49.6. The fraction of sp³-hybridized carbons (Fsp3) is 0.469. The molecule has 7 rings (SSSR count). The van der Waals surface area contributed by atoms with Gasteiger partial charge in [0.2, 0.25) is 23.6 Å². The summed E-state index contributed by atoms with van der Waals surface area (Å²) in [5.74, 6) is -0.334. The summed E-state index contributed by atoms with van der Waals surface area (Å²) < 4.78 is 23.9. The van der Waals surface area contributed by atoms with E-state index in [2.05, 4.69) is 52.0 Å². The van der Waals surface area contributed by atoms with E-state index in [0.717, 1.165) is 32.8 Å². The number of nitrogens with zero attached hydrogens (tertiary/aromatic N) is 5. The number of likely N-dealkylation sites (N-methyl/N-ethyl adjacent to an activating group) is 1. The van der Waals surface area contributed by atoms with Crippen molar-refractivity contribution in [3.05, 3.63) is 95.4 Å². The first-order valence-electron chi connectivity index (χ1n) is 23.4. The first-order chi connectivity index (χ1) is 33.7. The summed E-state index contributed by atoms with van der Waals surface area (Å²) in [6.45, 7) is 11.4. The second-order valence-corrected chi connectivity index (χ2v) is 20.4. The van der Waals surface area contributed by atoms with E-state index in [4.69, 9.17) is 18.6 Å². The Morgan fingerprint density at radius 1 is 0.957 bits per heavy atom. The average molecular weight is 1000 g/mol. The number of amides is 6. The number of imide groups is 2. The van der Waals surface area contributed by atoms with Gasteiger partial charge in [-0.15, -0.1) is 11.8 Å². The molecule has 1 unspecified atom stereocenters. The van der Waals surface area contributed by atoms with Crippen molar-refractivity contribution in [3.8, 4) is 0 Å². The van der Waals surface area contributed by atoms with E-state index >= 15 is 0 Å². The monoisotopic (exact) mass is 999 g/mol. The number of hydrogen-bond acceptors (Lipinski definition) is 17. The third-order valence-electron chi connectivity index (χ3n) is 11.6. The molecule has 2 saturated heterocycles. The van der Waals surface area contributed by atoms with Crippen LogP contribution in [0.3, 0.4) is 0 Å². The van der Waals surface area contributed by atoms with Crippen LogP contribution >= 0.6 is 23.1 Å². The molecule has 4 N–H and O–H groups in total. The Labute approximate surface area is 415 Å². The second-order valence-electron chi connectivity index (χ2n) is 18.0. The molecule has 0 radical (unpaired) electrons. The zero-order valence-corrected chi connectivity index (χ0v) is 41.6. The standard InChI is InChI=1S/C49H61N9O10S2/c1-49(2,3)38-28-51-41(68-38)31-69-42-29-52-48(70-42)54-34-8-6-20-57(30-34)45(62)32-12-14-33(15-13-32)53-39(59)11-7-19-56(4)21-23-66-25-27-67-26-24-65-22-18-50-36-10-5-9-35-43(36)47(64)58(46(35)63)37-16-17-40(60)55-44(37)61/h5,7,9-15,28-29,34,37,50H,6,8,16-27,30-31H2,1-4H3,(H,52,54)(H,53,59)(H,55,60,61)/b11-7+/t34-,37?/m1/s1. The molecule has 21 heteroatoms. The van der Waals surface area contributed by atoms with Gasteiger partial charge >= 0.3 is 0 Å². The third-order valence-corrected chi connectivity index (χ3v) is 13.7. The number of hydrogen-bond donors (Lipinski definition) is 4. The van der Waals surface area contributed by atoms with Crippen molar-refractivity contribution in [1.82, 2.24) is 30.0 Å². The number of thiazole rings is 1. The Morgan fingerprint density at radius 3 is 2.46 bits per heavy atom. The van der Waals surface area contributed by atoms with Gasteiger partial charge in [0.05, 0.1) is 73.1 Å². The van der Waals surface area contributed by atoms with Crippen LogP contribution < -0.4 is 21.3 Å². The Kier molecular flexibility index (Phi) is 18.3. The fourth-order valence-electron chi connectivity index (χ4n) is 7.88. The van der Waals surface area contributed by atoms with Crippen molar-refractivity contribution in [2.45, 2.75) is 73.9 Å². The van der Waals surface area contributed by atoms with Crippen molar-refractivity contribution in [2.24, 2.45) is 0 Å². The molecule has 0 saturated carbocycles. The molecule has 3 aliphatic rings. The van der Waals surface area contributed by atoms with E-state index in [1.807, 2.05) is 23.0 Å². The molecule has 2 aromatic heterocycles. The quantitative estimate of drug-likeness (QED) is 0.0297. The van der Waals surface area contributed by atoms with Crippen LogP contribution in [0.5, 0.6) is 0 Å². The van der Waals surface area contributed by atoms with Gasteiger partial charge in [0.1, 0.15) is 11.8 Å². The van der Waals surface area contributed by atoms with Crippen LogP contribution in [0, 0.1) is 0 Å². The number of ether oxygens (including phenoxy) is 3. The fourth-order valence-corrected chi connectivity index (χ4v) is 9.68. The number of rotatable bonds is 24. The maximum Gasteiger partial charge on any atom is 0.264 e. The molecule has 0 spiro atoms. The molecular formula is C49H61N9O10S2. The number of piperidine rings is 2. The van der Waals surface area contributed by atoms with Gasteiger partial charge in [-0.1, -0.05) is 44.3 Å². The molecule has 3 aliphatic heterocycles. The average Bonchev–Trinajstić information content (AvgIpc) is 4.07. The highest BCUT2D eigenvalue weighted by atomic mass is 32.2. The van der Waals surface area contributed by atoms with Crippen LogP contribution in [0.15, 0.2) is 75.6 Å². The Balaban J connectivity index is 0.701. The van der Waals surface area contributed by atoms with Crippen LogP contribution in [0.1, 0.15) is 89.2 Å². The van der Waals surface area contributed by atoms with Gasteiger partial charge in [-0.25, -0.2) is 9.97 Å². The molecular weight excluding hydrogens is 939 g/mol. The molecule has 2 fully saturated rings. The van der Waals surface area contributed by atoms with Crippen LogP contribution in [-0.4, -0.2) is 152 Å². The van der Waals surface area contributed by atoms with Crippen molar-refractivity contribution < 1.29 is 47.4 Å². The number of carbonyl (C=O) groups excluding carboxylic acids is 6. The van der Waals surface area contributed by atoms with Gasteiger partial charge in [0.25, 0.3) is 17.7 Å². The number of fused-ring (bicyclic) bond motifs is 1. The summed E-state index contributed by atoms with van der Waals surface area (Å²) in [6.07, 6.45) is 8.89. The molecule has 19 nitrogen and oxygen atoms in total. The summed E-state index contributed by atoms with van der Waals surface area (Å²) in [5, 5.41) is 12.5. The topological polar surface area (TPSA) is 227 Å². The summed E-state index contributed by atoms with van der Waals surface area (Å²) in [5.41, 5.74) is 1.95. The summed E-state index contributed by atoms with van der Waals surface area (Å²) in [7, 11) is 1.93.